The van der Waals surface area contributed by atoms with E-state index in [4.69, 9.17) is 9.47 Å². The van der Waals surface area contributed by atoms with Crippen LogP contribution in [0, 0.1) is 5.92 Å². The van der Waals surface area contributed by atoms with Crippen molar-refractivity contribution in [1.29, 1.82) is 0 Å². The van der Waals surface area contributed by atoms with Crippen LogP contribution in [-0.2, 0) is 19.1 Å². The quantitative estimate of drug-likeness (QED) is 0.721. The predicted octanol–water partition coefficient (Wildman–Crippen LogP) is 1.65. The number of ether oxygens (including phenoxy) is 2. The van der Waals surface area contributed by atoms with E-state index in [9.17, 15) is 14.4 Å². The maximum atomic E-state index is 12.4. The lowest BCUT2D eigenvalue weighted by molar-refractivity contribution is -0.160. The number of carbonyl (C=O) groups excluding carboxylic acids is 3. The van der Waals surface area contributed by atoms with Crippen molar-refractivity contribution in [1.82, 2.24) is 9.80 Å². The molecule has 0 aromatic rings. The molecule has 1 fully saturated rings. The number of esters is 1. The summed E-state index contributed by atoms with van der Waals surface area (Å²) in [5.41, 5.74) is -0.619. The van der Waals surface area contributed by atoms with Crippen molar-refractivity contribution in [3.8, 4) is 0 Å². The van der Waals surface area contributed by atoms with E-state index in [1.54, 1.807) is 34.6 Å². The highest BCUT2D eigenvalue weighted by Gasteiger charge is 2.42. The Hall–Kier alpha value is -1.79. The van der Waals surface area contributed by atoms with Crippen LogP contribution >= 0.6 is 0 Å². The number of methoxy groups -OCH3 is 1. The van der Waals surface area contributed by atoms with E-state index < -0.39 is 23.7 Å². The van der Waals surface area contributed by atoms with Gasteiger partial charge in [-0.1, -0.05) is 13.8 Å². The first-order valence-corrected chi connectivity index (χ1v) is 7.85. The van der Waals surface area contributed by atoms with Gasteiger partial charge in [-0.3, -0.25) is 4.79 Å². The number of rotatable bonds is 2. The molecule has 0 spiro atoms. The molecule has 0 bridgehead atoms. The van der Waals surface area contributed by atoms with Gasteiger partial charge in [0.05, 0.1) is 13.7 Å². The van der Waals surface area contributed by atoms with E-state index in [1.165, 1.54) is 16.9 Å². The third-order valence-electron chi connectivity index (χ3n) is 3.56. The van der Waals surface area contributed by atoms with Crippen molar-refractivity contribution in [3.05, 3.63) is 0 Å². The molecular weight excluding hydrogens is 300 g/mol. The third kappa shape index (κ3) is 4.84. The van der Waals surface area contributed by atoms with Crippen molar-refractivity contribution in [3.63, 3.8) is 0 Å². The minimum absolute atomic E-state index is 0.0738. The zero-order valence-electron chi connectivity index (χ0n) is 15.1. The van der Waals surface area contributed by atoms with Crippen molar-refractivity contribution in [2.24, 2.45) is 5.92 Å². The molecule has 132 valence electrons. The molecular formula is C16H28N2O5. The number of hydrogen-bond acceptors (Lipinski definition) is 5. The SMILES string of the molecule is COC(=O)[C@H]1CN(C(=O)OC(C)(C)C)C[C@@H](C)N1C(=O)C(C)C. The van der Waals surface area contributed by atoms with Gasteiger partial charge in [0.1, 0.15) is 11.6 Å². The lowest BCUT2D eigenvalue weighted by Gasteiger charge is -2.44. The summed E-state index contributed by atoms with van der Waals surface area (Å²) in [6.07, 6.45) is -0.491. The van der Waals surface area contributed by atoms with Gasteiger partial charge >= 0.3 is 12.1 Å². The molecule has 1 aliphatic rings. The number of nitrogens with zero attached hydrogens (tertiary/aromatic N) is 2. The van der Waals surface area contributed by atoms with Crippen molar-refractivity contribution >= 4 is 18.0 Å². The average molecular weight is 328 g/mol. The molecule has 2 amide bonds. The molecule has 2 atom stereocenters. The molecule has 1 rings (SSSR count). The molecule has 0 aliphatic carbocycles. The van der Waals surface area contributed by atoms with Crippen molar-refractivity contribution < 1.29 is 23.9 Å². The summed E-state index contributed by atoms with van der Waals surface area (Å²) < 4.78 is 10.2. The Bertz CT molecular complexity index is 470. The van der Waals surface area contributed by atoms with E-state index >= 15 is 0 Å². The van der Waals surface area contributed by atoms with E-state index in [-0.39, 0.29) is 24.4 Å². The lowest BCUT2D eigenvalue weighted by atomic mass is 10.0. The maximum absolute atomic E-state index is 12.4. The normalized spacial score (nSPS) is 22.1. The highest BCUT2D eigenvalue weighted by atomic mass is 16.6. The zero-order chi connectivity index (χ0) is 17.9. The van der Waals surface area contributed by atoms with Gasteiger partial charge in [-0.05, 0) is 27.7 Å². The molecule has 0 saturated carbocycles. The molecule has 0 radical (unpaired) electrons. The first kappa shape index (κ1) is 19.3. The summed E-state index contributed by atoms with van der Waals surface area (Å²) in [7, 11) is 1.28. The highest BCUT2D eigenvalue weighted by Crippen LogP contribution is 2.22. The second-order valence-corrected chi connectivity index (χ2v) is 7.17. The molecule has 0 N–H and O–H groups in total. The first-order valence-electron chi connectivity index (χ1n) is 7.85. The topological polar surface area (TPSA) is 76.2 Å². The second-order valence-electron chi connectivity index (χ2n) is 7.17. The van der Waals surface area contributed by atoms with Crippen LogP contribution in [0.4, 0.5) is 4.79 Å². The standard InChI is InChI=1S/C16H28N2O5/c1-10(2)13(19)18-11(3)8-17(9-12(18)14(20)22-7)15(21)23-16(4,5)6/h10-12H,8-9H2,1-7H3/t11-,12-/m1/s1. The smallest absolute Gasteiger partial charge is 0.410 e. The van der Waals surface area contributed by atoms with Crippen LogP contribution < -0.4 is 0 Å². The fourth-order valence-corrected chi connectivity index (χ4v) is 2.55. The van der Waals surface area contributed by atoms with E-state index in [2.05, 4.69) is 0 Å². The Morgan fingerprint density at radius 1 is 1.13 bits per heavy atom. The molecule has 23 heavy (non-hydrogen) atoms. The van der Waals surface area contributed by atoms with Crippen molar-refractivity contribution in [2.75, 3.05) is 20.2 Å². The minimum atomic E-state index is -0.814. The molecule has 0 unspecified atom stereocenters. The van der Waals surface area contributed by atoms with Gasteiger partial charge < -0.3 is 19.3 Å². The van der Waals surface area contributed by atoms with Gasteiger partial charge in [0.2, 0.25) is 5.91 Å². The Morgan fingerprint density at radius 3 is 2.13 bits per heavy atom. The summed E-state index contributed by atoms with van der Waals surface area (Å²) in [4.78, 5) is 39.8. The molecule has 1 saturated heterocycles. The van der Waals surface area contributed by atoms with Crippen LogP contribution in [0.1, 0.15) is 41.5 Å². The molecule has 7 heteroatoms. The van der Waals surface area contributed by atoms with Gasteiger partial charge in [-0.2, -0.15) is 0 Å². The van der Waals surface area contributed by atoms with Gasteiger partial charge in [0.25, 0.3) is 0 Å². The van der Waals surface area contributed by atoms with Gasteiger partial charge in [0, 0.05) is 18.5 Å². The van der Waals surface area contributed by atoms with E-state index in [1.807, 2.05) is 6.92 Å². The highest BCUT2D eigenvalue weighted by molar-refractivity contribution is 5.87. The first-order chi connectivity index (χ1) is 10.5. The number of amides is 2. The van der Waals surface area contributed by atoms with Crippen LogP contribution in [0.15, 0.2) is 0 Å². The van der Waals surface area contributed by atoms with Crippen LogP contribution in [0.5, 0.6) is 0 Å². The van der Waals surface area contributed by atoms with E-state index in [0.29, 0.717) is 6.54 Å². The Labute approximate surface area is 137 Å². The summed E-state index contributed by atoms with van der Waals surface area (Å²) in [5, 5.41) is 0. The molecule has 0 aromatic heterocycles. The summed E-state index contributed by atoms with van der Waals surface area (Å²) >= 11 is 0. The Balaban J connectivity index is 3.00. The maximum Gasteiger partial charge on any atom is 0.410 e. The number of hydrogen-bond donors (Lipinski definition) is 0. The summed E-state index contributed by atoms with van der Waals surface area (Å²) in [6.45, 7) is 11.1. The number of piperazine rings is 1. The second kappa shape index (κ2) is 7.19. The predicted molar refractivity (Wildman–Crippen MR) is 84.8 cm³/mol. The average Bonchev–Trinajstić information content (AvgIpc) is 2.42. The number of carbonyl (C=O) groups is 3. The minimum Gasteiger partial charge on any atom is -0.467 e. The van der Waals surface area contributed by atoms with Crippen LogP contribution in [0.25, 0.3) is 0 Å². The summed E-state index contributed by atoms with van der Waals surface area (Å²) in [5.74, 6) is -0.895. The third-order valence-corrected chi connectivity index (χ3v) is 3.56. The fraction of sp³-hybridized carbons (Fsp3) is 0.812. The molecule has 0 aromatic carbocycles. The molecule has 7 nitrogen and oxygen atoms in total. The van der Waals surface area contributed by atoms with Crippen LogP contribution in [0.2, 0.25) is 0 Å². The monoisotopic (exact) mass is 328 g/mol. The van der Waals surface area contributed by atoms with Gasteiger partial charge in [0.15, 0.2) is 0 Å². The van der Waals surface area contributed by atoms with Crippen LogP contribution in [0.3, 0.4) is 0 Å². The van der Waals surface area contributed by atoms with Crippen LogP contribution in [-0.4, -0.2) is 65.7 Å². The van der Waals surface area contributed by atoms with E-state index in [0.717, 1.165) is 0 Å². The zero-order valence-corrected chi connectivity index (χ0v) is 15.1. The lowest BCUT2D eigenvalue weighted by Crippen LogP contribution is -2.64. The van der Waals surface area contributed by atoms with Gasteiger partial charge in [-0.25, -0.2) is 9.59 Å². The largest absolute Gasteiger partial charge is 0.467 e. The summed E-state index contributed by atoms with van der Waals surface area (Å²) in [6, 6.07) is -1.11. The Morgan fingerprint density at radius 2 is 1.70 bits per heavy atom. The molecule has 1 heterocycles. The van der Waals surface area contributed by atoms with Gasteiger partial charge in [-0.15, -0.1) is 0 Å². The van der Waals surface area contributed by atoms with Crippen molar-refractivity contribution in [2.45, 2.75) is 59.2 Å². The fourth-order valence-electron chi connectivity index (χ4n) is 2.55. The Kier molecular flexibility index (Phi) is 6.02. The molecule has 1 aliphatic heterocycles.